The molecule has 6 heterocycles. The summed E-state index contributed by atoms with van der Waals surface area (Å²) < 4.78 is 29.4. The van der Waals surface area contributed by atoms with Gasteiger partial charge in [-0.05, 0) is 49.7 Å². The second-order valence-corrected chi connectivity index (χ2v) is 17.6. The van der Waals surface area contributed by atoms with Gasteiger partial charge in [-0.15, -0.1) is 0 Å². The highest BCUT2D eigenvalue weighted by molar-refractivity contribution is 7.84. The first-order valence-corrected chi connectivity index (χ1v) is 23.1. The van der Waals surface area contributed by atoms with E-state index in [9.17, 15) is 27.6 Å². The summed E-state index contributed by atoms with van der Waals surface area (Å²) in [5.41, 5.74) is 8.21. The summed E-state index contributed by atoms with van der Waals surface area (Å²) in [6.45, 7) is 5.14. The molecule has 4 aromatic rings. The van der Waals surface area contributed by atoms with Gasteiger partial charge in [-0.2, -0.15) is 8.42 Å². The zero-order valence-electron chi connectivity index (χ0n) is 35.9. The van der Waals surface area contributed by atoms with Crippen LogP contribution in [0.15, 0.2) is 84.5 Å². The summed E-state index contributed by atoms with van der Waals surface area (Å²) in [4.78, 5) is 60.4. The number of fused-ring (bicyclic) bond motifs is 4. The van der Waals surface area contributed by atoms with E-state index in [0.29, 0.717) is 26.2 Å². The zero-order valence-corrected chi connectivity index (χ0v) is 36.7. The SMILES string of the molecule is NS(=O)(=O)OC1CCCCC1.O.O=C(O)CCN1CCC(=C2c3ccccc3C(=O)Cn3ccnc32)CC1.O=C(O)CCN1CCC(=C2c3ccccc3C(=O)Cn3ccnc32)CC1. The summed E-state index contributed by atoms with van der Waals surface area (Å²) >= 11 is 0. The van der Waals surface area contributed by atoms with Crippen LogP contribution in [-0.2, 0) is 37.2 Å². The minimum atomic E-state index is -3.72. The quantitative estimate of drug-likeness (QED) is 0.219. The number of likely N-dealkylation sites (tertiary alicyclic amines) is 2. The van der Waals surface area contributed by atoms with Crippen LogP contribution < -0.4 is 5.14 Å². The summed E-state index contributed by atoms with van der Waals surface area (Å²) in [5, 5.41) is 22.5. The number of hydrogen-bond donors (Lipinski definition) is 3. The second-order valence-electron chi connectivity index (χ2n) is 16.5. The van der Waals surface area contributed by atoms with Crippen LogP contribution in [0.5, 0.6) is 0 Å². The first-order valence-electron chi connectivity index (χ1n) is 21.7. The number of carbonyl (C=O) groups is 4. The van der Waals surface area contributed by atoms with E-state index in [-0.39, 0.29) is 36.0 Å². The van der Waals surface area contributed by atoms with E-state index >= 15 is 0 Å². The number of carboxylic acids is 2. The number of aromatic nitrogens is 4. The molecule has 0 bridgehead atoms. The molecule has 2 aromatic heterocycles. The molecule has 4 aliphatic heterocycles. The van der Waals surface area contributed by atoms with Crippen molar-refractivity contribution in [2.24, 2.45) is 5.14 Å². The maximum Gasteiger partial charge on any atom is 0.333 e. The molecule has 1 aliphatic carbocycles. The Morgan fingerprint density at radius 3 is 1.42 bits per heavy atom. The van der Waals surface area contributed by atoms with Crippen LogP contribution >= 0.6 is 0 Å². The number of ketones is 2. The number of carboxylic acid groups (broad SMARTS) is 2. The number of Topliss-reactive ketones (excluding diaryl/α,β-unsaturated/α-hetero) is 2. The van der Waals surface area contributed by atoms with Gasteiger partial charge < -0.3 is 34.6 Å². The van der Waals surface area contributed by atoms with Gasteiger partial charge in [0.25, 0.3) is 0 Å². The number of hydrogen-bond acceptors (Lipinski definition) is 11. The van der Waals surface area contributed by atoms with E-state index in [2.05, 4.69) is 24.0 Å². The van der Waals surface area contributed by atoms with Crippen molar-refractivity contribution in [2.75, 3.05) is 39.3 Å². The van der Waals surface area contributed by atoms with E-state index in [1.165, 1.54) is 17.6 Å². The van der Waals surface area contributed by atoms with E-state index in [4.69, 9.17) is 15.4 Å². The van der Waals surface area contributed by atoms with Gasteiger partial charge in [0.15, 0.2) is 11.6 Å². The first-order chi connectivity index (χ1) is 30.3. The predicted molar refractivity (Wildman–Crippen MR) is 239 cm³/mol. The van der Waals surface area contributed by atoms with Gasteiger partial charge in [0, 0.05) is 86.3 Å². The summed E-state index contributed by atoms with van der Waals surface area (Å²) in [6.07, 6.45) is 15.8. The number of nitrogens with zero attached hydrogens (tertiary/aromatic N) is 6. The van der Waals surface area contributed by atoms with E-state index in [1.54, 1.807) is 12.4 Å². The minimum absolute atomic E-state index is 0. The summed E-state index contributed by atoms with van der Waals surface area (Å²) in [5.74, 6) is 0.415. The van der Waals surface area contributed by atoms with Crippen LogP contribution in [-0.4, -0.2) is 122 Å². The van der Waals surface area contributed by atoms with Crippen LogP contribution in [0.1, 0.15) is 114 Å². The van der Waals surface area contributed by atoms with Crippen molar-refractivity contribution >= 4 is 45.0 Å². The fourth-order valence-electron chi connectivity index (χ4n) is 9.09. The molecule has 0 atom stereocenters. The van der Waals surface area contributed by atoms with Gasteiger partial charge >= 0.3 is 22.2 Å². The van der Waals surface area contributed by atoms with Gasteiger partial charge in [0.05, 0.1) is 32.0 Å². The lowest BCUT2D eigenvalue weighted by Gasteiger charge is -2.29. The third-order valence-corrected chi connectivity index (χ3v) is 12.8. The molecule has 5 aliphatic rings. The molecule has 0 spiro atoms. The summed E-state index contributed by atoms with van der Waals surface area (Å²) in [6, 6.07) is 15.6. The standard InChI is InChI=1S/2C20H21N3O3.C6H13NO3S.H2O/c2*24-17-13-23-12-8-21-20(23)19(16-4-2-1-3-15(16)17)14-5-9-22(10-6-14)11-7-18(25)26;7-11(8,9)10-6-4-2-1-3-5-6;/h2*1-4,8,12H,5-7,9-11,13H2,(H,25,26);6H,1-5H2,(H2,7,8,9);1H2. The number of benzene rings is 2. The third-order valence-electron chi connectivity index (χ3n) is 12.2. The molecule has 18 heteroatoms. The van der Waals surface area contributed by atoms with Crippen molar-refractivity contribution < 1.29 is 47.5 Å². The highest BCUT2D eigenvalue weighted by Crippen LogP contribution is 2.37. The lowest BCUT2D eigenvalue weighted by molar-refractivity contribution is -0.138. The van der Waals surface area contributed by atoms with E-state index in [1.807, 2.05) is 70.1 Å². The largest absolute Gasteiger partial charge is 0.481 e. The van der Waals surface area contributed by atoms with Crippen molar-refractivity contribution in [3.05, 3.63) is 118 Å². The average Bonchev–Trinajstić information content (AvgIpc) is 3.88. The maximum atomic E-state index is 12.7. The predicted octanol–water partition coefficient (Wildman–Crippen LogP) is 4.62. The van der Waals surface area contributed by atoms with Crippen LogP contribution in [0.2, 0.25) is 0 Å². The Hall–Kier alpha value is -5.63. The fraction of sp³-hybridized carbons (Fsp3) is 0.435. The molecule has 6 N–H and O–H groups in total. The molecule has 2 saturated heterocycles. The van der Waals surface area contributed by atoms with Crippen LogP contribution in [0, 0.1) is 0 Å². The highest BCUT2D eigenvalue weighted by Gasteiger charge is 2.30. The monoisotopic (exact) mass is 899 g/mol. The zero-order chi connectivity index (χ0) is 44.5. The summed E-state index contributed by atoms with van der Waals surface area (Å²) in [7, 11) is -3.72. The number of carbonyl (C=O) groups excluding carboxylic acids is 2. The Morgan fingerprint density at radius 1 is 0.656 bits per heavy atom. The molecule has 2 aromatic carbocycles. The lowest BCUT2D eigenvalue weighted by atomic mass is 9.89. The molecule has 0 unspecified atom stereocenters. The molecule has 0 radical (unpaired) electrons. The van der Waals surface area contributed by atoms with Crippen LogP contribution in [0.25, 0.3) is 11.1 Å². The Balaban J connectivity index is 0.000000171. The molecule has 64 heavy (non-hydrogen) atoms. The highest BCUT2D eigenvalue weighted by atomic mass is 32.2. The van der Waals surface area contributed by atoms with E-state index < -0.39 is 22.2 Å². The van der Waals surface area contributed by atoms with Crippen molar-refractivity contribution in [3.8, 4) is 0 Å². The minimum Gasteiger partial charge on any atom is -0.481 e. The van der Waals surface area contributed by atoms with Gasteiger partial charge in [0.1, 0.15) is 11.6 Å². The molecule has 0 amide bonds. The van der Waals surface area contributed by atoms with E-state index in [0.717, 1.165) is 123 Å². The van der Waals surface area contributed by atoms with Crippen molar-refractivity contribution in [1.29, 1.82) is 0 Å². The van der Waals surface area contributed by atoms with Crippen LogP contribution in [0.3, 0.4) is 0 Å². The number of piperidine rings is 2. The molecule has 9 rings (SSSR count). The Labute approximate surface area is 372 Å². The Kier molecular flexibility index (Phi) is 16.3. The average molecular weight is 900 g/mol. The maximum absolute atomic E-state index is 12.7. The lowest BCUT2D eigenvalue weighted by Crippen LogP contribution is -2.33. The van der Waals surface area contributed by atoms with Gasteiger partial charge in [0.2, 0.25) is 0 Å². The normalized spacial score (nSPS) is 18.1. The number of nitrogens with two attached hydrogens (primary N) is 1. The molecule has 1 saturated carbocycles. The Bertz CT molecular complexity index is 2340. The Morgan fingerprint density at radius 2 is 1.05 bits per heavy atom. The van der Waals surface area contributed by atoms with Crippen molar-refractivity contribution in [1.82, 2.24) is 28.9 Å². The molecular formula is C46H57N7O10S. The topological polar surface area (TPSA) is 252 Å². The third kappa shape index (κ3) is 12.1. The van der Waals surface area contributed by atoms with Gasteiger partial charge in [-0.1, -0.05) is 78.9 Å². The van der Waals surface area contributed by atoms with Crippen molar-refractivity contribution in [2.45, 2.75) is 89.8 Å². The van der Waals surface area contributed by atoms with Gasteiger partial charge in [-0.3, -0.25) is 23.4 Å². The second kappa shape index (κ2) is 21.8. The smallest absolute Gasteiger partial charge is 0.333 e. The number of imidazole rings is 2. The molecule has 17 nitrogen and oxygen atoms in total. The molecular weight excluding hydrogens is 843 g/mol. The van der Waals surface area contributed by atoms with Crippen LogP contribution in [0.4, 0.5) is 0 Å². The number of rotatable bonds is 8. The first kappa shape index (κ1) is 47.8. The van der Waals surface area contributed by atoms with Crippen molar-refractivity contribution in [3.63, 3.8) is 0 Å². The van der Waals surface area contributed by atoms with Gasteiger partial charge in [-0.25, -0.2) is 15.1 Å². The fourth-order valence-corrected chi connectivity index (χ4v) is 9.66. The molecule has 3 fully saturated rings. The number of aliphatic carboxylic acids is 2. The molecule has 342 valence electrons.